The number of ether oxygens (including phenoxy) is 1. The van der Waals surface area contributed by atoms with E-state index in [-0.39, 0.29) is 11.6 Å². The molecule has 0 amide bonds. The van der Waals surface area contributed by atoms with Gasteiger partial charge in [0.05, 0.1) is 22.6 Å². The summed E-state index contributed by atoms with van der Waals surface area (Å²) in [5.74, 6) is -0.397. The molecular weight excluding hydrogens is 488 g/mol. The Morgan fingerprint density at radius 2 is 2.00 bits per heavy atom. The molecule has 9 heteroatoms. The van der Waals surface area contributed by atoms with Crippen molar-refractivity contribution in [1.29, 1.82) is 0 Å². The molecule has 0 fully saturated rings. The number of nitrogens with one attached hydrogen (secondary N) is 1. The maximum Gasteiger partial charge on any atom is 0.338 e. The average molecular weight is 503 g/mol. The third-order valence-corrected chi connectivity index (χ3v) is 4.55. The van der Waals surface area contributed by atoms with E-state index in [0.717, 1.165) is 0 Å². The number of esters is 1. The van der Waals surface area contributed by atoms with Crippen LogP contribution in [0, 0.1) is 12.7 Å². The topological polar surface area (TPSA) is 81.4 Å². The zero-order valence-corrected chi connectivity index (χ0v) is 17.4. The Bertz CT molecular complexity index is 1190. The number of imidazole rings is 1. The molecule has 0 spiro atoms. The highest BCUT2D eigenvalue weighted by Gasteiger charge is 2.15. The highest BCUT2D eigenvalue weighted by molar-refractivity contribution is 14.1. The number of fused-ring (bicyclic) bond motifs is 1. The lowest BCUT2D eigenvalue weighted by Gasteiger charge is -2.08. The molecule has 29 heavy (non-hydrogen) atoms. The molecule has 7 nitrogen and oxygen atoms in total. The van der Waals surface area contributed by atoms with Crippen LogP contribution in [-0.4, -0.2) is 29.9 Å². The normalized spacial score (nSPS) is 10.9. The van der Waals surface area contributed by atoms with Crippen LogP contribution in [0.5, 0.6) is 0 Å². The van der Waals surface area contributed by atoms with Gasteiger partial charge in [-0.3, -0.25) is 4.40 Å². The van der Waals surface area contributed by atoms with Gasteiger partial charge in [0.25, 0.3) is 0 Å². The lowest BCUT2D eigenvalue weighted by Crippen LogP contribution is -2.04. The Labute approximate surface area is 179 Å². The first kappa shape index (κ1) is 19.2. The van der Waals surface area contributed by atoms with Crippen molar-refractivity contribution < 1.29 is 13.9 Å². The smallest absolute Gasteiger partial charge is 0.338 e. The minimum atomic E-state index is -0.393. The van der Waals surface area contributed by atoms with Crippen LogP contribution in [0.2, 0.25) is 0 Å². The van der Waals surface area contributed by atoms with Crippen LogP contribution in [-0.2, 0) is 4.74 Å². The summed E-state index contributed by atoms with van der Waals surface area (Å²) in [6.07, 6.45) is 3.37. The van der Waals surface area contributed by atoms with Gasteiger partial charge >= 0.3 is 5.97 Å². The van der Waals surface area contributed by atoms with Crippen molar-refractivity contribution in [2.75, 3.05) is 9.93 Å². The second-order valence-electron chi connectivity index (χ2n) is 6.10. The summed E-state index contributed by atoms with van der Waals surface area (Å²) in [5, 5.41) is 3.10. The minimum Gasteiger partial charge on any atom is -0.451 e. The van der Waals surface area contributed by atoms with Crippen molar-refractivity contribution in [2.45, 2.75) is 6.92 Å². The van der Waals surface area contributed by atoms with E-state index in [2.05, 4.69) is 20.3 Å². The number of benzene rings is 1. The summed E-state index contributed by atoms with van der Waals surface area (Å²) in [6.45, 7) is 1.81. The Hall–Kier alpha value is -3.08. The molecular formula is C20H15FIN5O2. The molecule has 0 bridgehead atoms. The van der Waals surface area contributed by atoms with E-state index in [1.807, 2.05) is 29.5 Å². The number of rotatable bonds is 5. The molecule has 0 aliphatic carbocycles. The first-order valence-corrected chi connectivity index (χ1v) is 10.2. The van der Waals surface area contributed by atoms with E-state index < -0.39 is 5.82 Å². The van der Waals surface area contributed by atoms with Gasteiger partial charge in [0.15, 0.2) is 11.5 Å². The molecule has 1 aromatic carbocycles. The van der Waals surface area contributed by atoms with Crippen molar-refractivity contribution in [1.82, 2.24) is 19.4 Å². The van der Waals surface area contributed by atoms with Crippen molar-refractivity contribution in [3.05, 3.63) is 71.9 Å². The molecule has 1 N–H and O–H groups in total. The van der Waals surface area contributed by atoms with E-state index in [1.165, 1.54) is 6.07 Å². The fourth-order valence-electron chi connectivity index (χ4n) is 2.96. The number of halogens is 2. The molecule has 3 heterocycles. The third kappa shape index (κ3) is 3.90. The van der Waals surface area contributed by atoms with Gasteiger partial charge in [0.1, 0.15) is 4.61 Å². The Morgan fingerprint density at radius 3 is 2.76 bits per heavy atom. The molecule has 146 valence electrons. The maximum atomic E-state index is 14.0. The summed E-state index contributed by atoms with van der Waals surface area (Å²) in [7, 11) is 0. The molecule has 4 rings (SSSR count). The van der Waals surface area contributed by atoms with Crippen LogP contribution in [0.4, 0.5) is 16.0 Å². The van der Waals surface area contributed by atoms with Gasteiger partial charge in [0.2, 0.25) is 5.95 Å². The first-order chi connectivity index (χ1) is 14.1. The van der Waals surface area contributed by atoms with E-state index in [4.69, 9.17) is 4.74 Å². The van der Waals surface area contributed by atoms with Crippen LogP contribution in [0.25, 0.3) is 17.0 Å². The van der Waals surface area contributed by atoms with Gasteiger partial charge in [-0.05, 0) is 72.0 Å². The van der Waals surface area contributed by atoms with Gasteiger partial charge in [-0.1, -0.05) is 0 Å². The highest BCUT2D eigenvalue weighted by Crippen LogP contribution is 2.25. The number of carbonyl (C=O) groups is 1. The summed E-state index contributed by atoms with van der Waals surface area (Å²) >= 11 is 1.97. The van der Waals surface area contributed by atoms with Gasteiger partial charge in [-0.2, -0.15) is 0 Å². The summed E-state index contributed by atoms with van der Waals surface area (Å²) in [6, 6.07) is 11.6. The van der Waals surface area contributed by atoms with Crippen molar-refractivity contribution in [3.63, 3.8) is 0 Å². The number of hydrogen-bond acceptors (Lipinski definition) is 6. The number of aromatic nitrogens is 4. The number of nitrogens with zero attached hydrogens (tertiary/aromatic N) is 4. The Balaban J connectivity index is 1.63. The number of alkyl halides is 1. The molecule has 0 aliphatic heterocycles. The quantitative estimate of drug-likeness (QED) is 0.245. The monoisotopic (exact) mass is 503 g/mol. The van der Waals surface area contributed by atoms with Gasteiger partial charge in [-0.25, -0.2) is 24.1 Å². The van der Waals surface area contributed by atoms with Crippen LogP contribution in [0.1, 0.15) is 16.1 Å². The van der Waals surface area contributed by atoms with E-state index in [1.54, 1.807) is 53.2 Å². The molecule has 0 unspecified atom stereocenters. The molecule has 0 saturated heterocycles. The van der Waals surface area contributed by atoms with Gasteiger partial charge in [0, 0.05) is 18.1 Å². The zero-order chi connectivity index (χ0) is 20.4. The molecule has 0 saturated carbocycles. The zero-order valence-electron chi connectivity index (χ0n) is 15.3. The first-order valence-electron chi connectivity index (χ1n) is 8.63. The minimum absolute atomic E-state index is 0.252. The lowest BCUT2D eigenvalue weighted by atomic mass is 10.2. The van der Waals surface area contributed by atoms with Gasteiger partial charge < -0.3 is 10.1 Å². The summed E-state index contributed by atoms with van der Waals surface area (Å²) in [5.41, 5.74) is 3.40. The molecule has 0 aliphatic rings. The fourth-order valence-corrected chi connectivity index (χ4v) is 3.24. The lowest BCUT2D eigenvalue weighted by molar-refractivity contribution is 0.0590. The largest absolute Gasteiger partial charge is 0.451 e. The van der Waals surface area contributed by atoms with E-state index in [0.29, 0.717) is 38.9 Å². The highest BCUT2D eigenvalue weighted by atomic mass is 127. The van der Waals surface area contributed by atoms with Crippen LogP contribution in [0.15, 0.2) is 54.9 Å². The third-order valence-electron chi connectivity index (χ3n) is 4.24. The van der Waals surface area contributed by atoms with Crippen LogP contribution in [0.3, 0.4) is 0 Å². The second kappa shape index (κ2) is 8.11. The van der Waals surface area contributed by atoms with E-state index in [9.17, 15) is 9.18 Å². The number of hydrogen-bond donors (Lipinski definition) is 1. The van der Waals surface area contributed by atoms with Crippen LogP contribution < -0.4 is 5.32 Å². The number of carbonyl (C=O) groups excluding carboxylic acids is 1. The summed E-state index contributed by atoms with van der Waals surface area (Å²) in [4.78, 5) is 24.8. The molecule has 0 atom stereocenters. The number of anilines is 2. The van der Waals surface area contributed by atoms with E-state index >= 15 is 0 Å². The van der Waals surface area contributed by atoms with Crippen molar-refractivity contribution in [2.24, 2.45) is 0 Å². The van der Waals surface area contributed by atoms with Crippen molar-refractivity contribution in [3.8, 4) is 11.4 Å². The second-order valence-corrected chi connectivity index (χ2v) is 6.73. The van der Waals surface area contributed by atoms with Crippen molar-refractivity contribution >= 4 is 45.8 Å². The Kier molecular flexibility index (Phi) is 5.38. The fraction of sp³-hybridized carbons (Fsp3) is 0.100. The number of pyridine rings is 1. The number of aryl methyl sites for hydroxylation is 1. The standard InChI is InChI=1S/C20H15FIN5O2/c1-12-17(27-10-2-3-15(21)18(27)24-12)16-8-9-23-20(26-16)25-14-6-4-13(5-7-14)19(28)29-11-22/h2-10H,11H2,1H3,(H,23,25,26). The van der Waals surface area contributed by atoms with Gasteiger partial charge in [-0.15, -0.1) is 0 Å². The maximum absolute atomic E-state index is 14.0. The van der Waals surface area contributed by atoms with Crippen LogP contribution >= 0.6 is 22.6 Å². The molecule has 4 aromatic rings. The predicted octanol–water partition coefficient (Wildman–Crippen LogP) is 4.53. The Morgan fingerprint density at radius 1 is 1.21 bits per heavy atom. The average Bonchev–Trinajstić information content (AvgIpc) is 3.06. The SMILES string of the molecule is Cc1nc2c(F)cccn2c1-c1ccnc(Nc2ccc(C(=O)OCI)cc2)n1. The predicted molar refractivity (Wildman–Crippen MR) is 115 cm³/mol. The molecule has 3 aromatic heterocycles. The summed E-state index contributed by atoms with van der Waals surface area (Å²) < 4.78 is 21.0. The molecule has 0 radical (unpaired) electrons.